The molecule has 19 heavy (non-hydrogen) atoms. The molecule has 0 aliphatic rings. The van der Waals surface area contributed by atoms with E-state index in [1.54, 1.807) is 0 Å². The van der Waals surface area contributed by atoms with Crippen molar-refractivity contribution in [3.63, 3.8) is 0 Å². The number of rotatable bonds is 2. The molecule has 0 aromatic heterocycles. The molecule has 0 fully saturated rings. The first-order valence-corrected chi connectivity index (χ1v) is 7.05. The largest absolute Gasteiger partial charge is 0.326 e. The lowest BCUT2D eigenvalue weighted by atomic mass is 9.97. The molecule has 0 heterocycles. The molecule has 0 unspecified atom stereocenters. The monoisotopic (exact) mass is 311 g/mol. The molecular formula is C17H14BrN. The minimum absolute atomic E-state index is 0.551. The maximum atomic E-state index is 5.84. The molecule has 0 spiro atoms. The Morgan fingerprint density at radius 2 is 1.63 bits per heavy atom. The van der Waals surface area contributed by atoms with Crippen LogP contribution in [0.1, 0.15) is 5.56 Å². The van der Waals surface area contributed by atoms with Crippen molar-refractivity contribution < 1.29 is 0 Å². The lowest BCUT2D eigenvalue weighted by Gasteiger charge is -2.10. The topological polar surface area (TPSA) is 26.0 Å². The Morgan fingerprint density at radius 1 is 0.842 bits per heavy atom. The predicted octanol–water partition coefficient (Wildman–Crippen LogP) is 4.73. The number of halogens is 1. The molecule has 0 atom stereocenters. The van der Waals surface area contributed by atoms with Gasteiger partial charge in [-0.2, -0.15) is 0 Å². The SMILES string of the molecule is NCc1ccc(Br)cc1-c1ccc2ccccc2c1. The van der Waals surface area contributed by atoms with Crippen molar-refractivity contribution in [3.8, 4) is 11.1 Å². The van der Waals surface area contributed by atoms with Gasteiger partial charge in [0.25, 0.3) is 0 Å². The van der Waals surface area contributed by atoms with Crippen LogP contribution in [-0.4, -0.2) is 0 Å². The maximum Gasteiger partial charge on any atom is 0.0184 e. The zero-order chi connectivity index (χ0) is 13.2. The second-order valence-electron chi connectivity index (χ2n) is 4.57. The summed E-state index contributed by atoms with van der Waals surface area (Å²) < 4.78 is 1.08. The van der Waals surface area contributed by atoms with Crippen LogP contribution in [0.5, 0.6) is 0 Å². The normalized spacial score (nSPS) is 10.8. The van der Waals surface area contributed by atoms with Crippen LogP contribution >= 0.6 is 15.9 Å². The Labute approximate surface area is 121 Å². The summed E-state index contributed by atoms with van der Waals surface area (Å²) in [5, 5.41) is 2.51. The molecule has 94 valence electrons. The first-order chi connectivity index (χ1) is 9.28. The van der Waals surface area contributed by atoms with Crippen molar-refractivity contribution in [2.24, 2.45) is 5.73 Å². The van der Waals surface area contributed by atoms with Crippen LogP contribution in [-0.2, 0) is 6.54 Å². The van der Waals surface area contributed by atoms with Gasteiger partial charge in [-0.3, -0.25) is 0 Å². The number of benzene rings is 3. The van der Waals surface area contributed by atoms with Crippen molar-refractivity contribution in [1.29, 1.82) is 0 Å². The highest BCUT2D eigenvalue weighted by atomic mass is 79.9. The molecule has 1 nitrogen and oxygen atoms in total. The van der Waals surface area contributed by atoms with Crippen molar-refractivity contribution in [2.75, 3.05) is 0 Å². The van der Waals surface area contributed by atoms with Crippen LogP contribution in [0.25, 0.3) is 21.9 Å². The van der Waals surface area contributed by atoms with E-state index in [-0.39, 0.29) is 0 Å². The average molecular weight is 312 g/mol. The van der Waals surface area contributed by atoms with E-state index in [9.17, 15) is 0 Å². The molecule has 0 aliphatic carbocycles. The molecule has 0 amide bonds. The van der Waals surface area contributed by atoms with Crippen LogP contribution < -0.4 is 5.73 Å². The highest BCUT2D eigenvalue weighted by molar-refractivity contribution is 9.10. The van der Waals surface area contributed by atoms with E-state index in [4.69, 9.17) is 5.73 Å². The van der Waals surface area contributed by atoms with Crippen molar-refractivity contribution >= 4 is 26.7 Å². The van der Waals surface area contributed by atoms with Gasteiger partial charge in [-0.25, -0.2) is 0 Å². The zero-order valence-electron chi connectivity index (χ0n) is 10.4. The summed E-state index contributed by atoms with van der Waals surface area (Å²) >= 11 is 3.53. The standard InChI is InChI=1S/C17H14BrN/c18-16-8-7-15(11-19)17(10-16)14-6-5-12-3-1-2-4-13(12)9-14/h1-10H,11,19H2. The Hall–Kier alpha value is -1.64. The molecule has 2 heteroatoms. The fourth-order valence-corrected chi connectivity index (χ4v) is 2.71. The Bertz CT molecular complexity index is 734. The van der Waals surface area contributed by atoms with E-state index >= 15 is 0 Å². The summed E-state index contributed by atoms with van der Waals surface area (Å²) in [4.78, 5) is 0. The maximum absolute atomic E-state index is 5.84. The highest BCUT2D eigenvalue weighted by Crippen LogP contribution is 2.29. The Kier molecular flexibility index (Phi) is 3.36. The molecule has 0 saturated heterocycles. The summed E-state index contributed by atoms with van der Waals surface area (Å²) in [6.45, 7) is 0.551. The second kappa shape index (κ2) is 5.16. The summed E-state index contributed by atoms with van der Waals surface area (Å²) in [5.74, 6) is 0. The van der Waals surface area contributed by atoms with Gasteiger partial charge in [0, 0.05) is 11.0 Å². The van der Waals surface area contributed by atoms with Gasteiger partial charge in [0.2, 0.25) is 0 Å². The molecular weight excluding hydrogens is 298 g/mol. The lowest BCUT2D eigenvalue weighted by molar-refractivity contribution is 1.07. The van der Waals surface area contributed by atoms with Gasteiger partial charge < -0.3 is 5.73 Å². The van der Waals surface area contributed by atoms with E-state index in [0.29, 0.717) is 6.54 Å². The van der Waals surface area contributed by atoms with Crippen molar-refractivity contribution in [3.05, 3.63) is 70.7 Å². The smallest absolute Gasteiger partial charge is 0.0184 e. The Balaban J connectivity index is 2.21. The molecule has 3 rings (SSSR count). The third-order valence-corrected chi connectivity index (χ3v) is 3.85. The van der Waals surface area contributed by atoms with Gasteiger partial charge in [-0.1, -0.05) is 58.4 Å². The summed E-state index contributed by atoms with van der Waals surface area (Å²) in [6.07, 6.45) is 0. The third kappa shape index (κ3) is 2.42. The fourth-order valence-electron chi connectivity index (χ4n) is 2.35. The molecule has 0 bridgehead atoms. The number of nitrogens with two attached hydrogens (primary N) is 1. The van der Waals surface area contributed by atoms with Crippen LogP contribution in [0.15, 0.2) is 65.1 Å². The van der Waals surface area contributed by atoms with E-state index in [2.05, 4.69) is 70.5 Å². The van der Waals surface area contributed by atoms with Gasteiger partial charge in [0.15, 0.2) is 0 Å². The number of hydrogen-bond donors (Lipinski definition) is 1. The molecule has 0 radical (unpaired) electrons. The second-order valence-corrected chi connectivity index (χ2v) is 5.48. The minimum Gasteiger partial charge on any atom is -0.326 e. The number of hydrogen-bond acceptors (Lipinski definition) is 1. The zero-order valence-corrected chi connectivity index (χ0v) is 12.0. The molecule has 0 aliphatic heterocycles. The highest BCUT2D eigenvalue weighted by Gasteiger charge is 2.05. The molecule has 2 N–H and O–H groups in total. The third-order valence-electron chi connectivity index (χ3n) is 3.35. The van der Waals surface area contributed by atoms with Gasteiger partial charge >= 0.3 is 0 Å². The summed E-state index contributed by atoms with van der Waals surface area (Å²) in [5.41, 5.74) is 9.41. The minimum atomic E-state index is 0.551. The van der Waals surface area contributed by atoms with E-state index in [1.165, 1.54) is 27.5 Å². The quantitative estimate of drug-likeness (QED) is 0.727. The van der Waals surface area contributed by atoms with Crippen molar-refractivity contribution in [2.45, 2.75) is 6.54 Å². The summed E-state index contributed by atoms with van der Waals surface area (Å²) in [7, 11) is 0. The fraction of sp³-hybridized carbons (Fsp3) is 0.0588. The first kappa shape index (κ1) is 12.4. The molecule has 3 aromatic rings. The van der Waals surface area contributed by atoms with Crippen LogP contribution in [0.2, 0.25) is 0 Å². The van der Waals surface area contributed by atoms with E-state index in [1.807, 2.05) is 6.07 Å². The van der Waals surface area contributed by atoms with Gasteiger partial charge in [-0.15, -0.1) is 0 Å². The van der Waals surface area contributed by atoms with Crippen molar-refractivity contribution in [1.82, 2.24) is 0 Å². The van der Waals surface area contributed by atoms with Crippen LogP contribution in [0, 0.1) is 0 Å². The predicted molar refractivity (Wildman–Crippen MR) is 85.0 cm³/mol. The average Bonchev–Trinajstić information content (AvgIpc) is 2.46. The lowest BCUT2D eigenvalue weighted by Crippen LogP contribution is -1.98. The Morgan fingerprint density at radius 3 is 2.42 bits per heavy atom. The number of fused-ring (bicyclic) bond motifs is 1. The van der Waals surface area contributed by atoms with Crippen LogP contribution in [0.4, 0.5) is 0 Å². The van der Waals surface area contributed by atoms with Crippen LogP contribution in [0.3, 0.4) is 0 Å². The van der Waals surface area contributed by atoms with E-state index < -0.39 is 0 Å². The molecule has 0 saturated carbocycles. The van der Waals surface area contributed by atoms with Gasteiger partial charge in [0.05, 0.1) is 0 Å². The summed E-state index contributed by atoms with van der Waals surface area (Å²) in [6, 6.07) is 21.2. The van der Waals surface area contributed by atoms with Gasteiger partial charge in [0.1, 0.15) is 0 Å². The van der Waals surface area contributed by atoms with E-state index in [0.717, 1.165) is 4.47 Å². The van der Waals surface area contributed by atoms with Gasteiger partial charge in [-0.05, 0) is 45.7 Å². The molecule has 3 aromatic carbocycles. The first-order valence-electron chi connectivity index (χ1n) is 6.25.